The first-order valence-corrected chi connectivity index (χ1v) is 8.30. The van der Waals surface area contributed by atoms with Crippen LogP contribution in [-0.4, -0.2) is 33.9 Å². The Hall–Kier alpha value is -0.790. The molecule has 7 heteroatoms. The second-order valence-corrected chi connectivity index (χ2v) is 7.07. The topological polar surface area (TPSA) is 67.4 Å². The molecule has 0 amide bonds. The molecule has 0 aromatic heterocycles. The van der Waals surface area contributed by atoms with Gasteiger partial charge in [0.05, 0.1) is 16.8 Å². The number of rotatable bonds is 7. The molecule has 0 aliphatic rings. The second kappa shape index (κ2) is 7.12. The van der Waals surface area contributed by atoms with Crippen LogP contribution in [0.4, 0.5) is 5.69 Å². The van der Waals surface area contributed by atoms with Gasteiger partial charge in [0.1, 0.15) is 5.75 Å². The fourth-order valence-corrected chi connectivity index (χ4v) is 2.99. The van der Waals surface area contributed by atoms with Crippen LogP contribution >= 0.6 is 15.9 Å². The van der Waals surface area contributed by atoms with Gasteiger partial charge in [-0.05, 0) is 47.6 Å². The van der Waals surface area contributed by atoms with E-state index in [4.69, 9.17) is 4.74 Å². The highest BCUT2D eigenvalue weighted by molar-refractivity contribution is 9.10. The molecule has 0 aliphatic carbocycles. The van der Waals surface area contributed by atoms with Gasteiger partial charge in [0, 0.05) is 12.2 Å². The number of halogens is 1. The number of sulfonamides is 1. The fourth-order valence-electron chi connectivity index (χ4n) is 1.45. The lowest BCUT2D eigenvalue weighted by atomic mass is 10.3. The smallest absolute Gasteiger partial charge is 0.236 e. The third-order valence-corrected chi connectivity index (χ3v) is 4.99. The molecule has 1 aromatic carbocycles. The largest absolute Gasteiger partial charge is 0.496 e. The molecule has 1 aromatic rings. The van der Waals surface area contributed by atoms with Crippen molar-refractivity contribution in [2.45, 2.75) is 19.1 Å². The second-order valence-electron chi connectivity index (χ2n) is 4.11. The molecular weight excluding hydrogens is 332 g/mol. The molecule has 0 bridgehead atoms. The van der Waals surface area contributed by atoms with Gasteiger partial charge in [-0.3, -0.25) is 4.72 Å². The fraction of sp³-hybridized carbons (Fsp3) is 0.500. The highest BCUT2D eigenvalue weighted by atomic mass is 79.9. The SMILES string of the molecule is CCNCC(C)S(=O)(=O)Nc1ccc(OC)c(Br)c1. The summed E-state index contributed by atoms with van der Waals surface area (Å²) in [5.41, 5.74) is 0.510. The molecule has 1 atom stereocenters. The predicted octanol–water partition coefficient (Wildman–Crippen LogP) is 2.20. The van der Waals surface area contributed by atoms with E-state index in [1.165, 1.54) is 0 Å². The molecular formula is C12H19BrN2O3S. The molecule has 108 valence electrons. The first kappa shape index (κ1) is 16.3. The number of benzene rings is 1. The van der Waals surface area contributed by atoms with Gasteiger partial charge in [-0.2, -0.15) is 0 Å². The Bertz CT molecular complexity index is 520. The first-order chi connectivity index (χ1) is 8.90. The van der Waals surface area contributed by atoms with E-state index in [2.05, 4.69) is 26.0 Å². The molecule has 0 aliphatic heterocycles. The van der Waals surface area contributed by atoms with E-state index in [1.54, 1.807) is 32.2 Å². The highest BCUT2D eigenvalue weighted by Gasteiger charge is 2.20. The number of methoxy groups -OCH3 is 1. The molecule has 0 spiro atoms. The van der Waals surface area contributed by atoms with Crippen LogP contribution in [0, 0.1) is 0 Å². The summed E-state index contributed by atoms with van der Waals surface area (Å²) in [6, 6.07) is 5.05. The molecule has 0 heterocycles. The van der Waals surface area contributed by atoms with Crippen LogP contribution in [-0.2, 0) is 10.0 Å². The summed E-state index contributed by atoms with van der Waals surface area (Å²) in [6.07, 6.45) is 0. The third-order valence-electron chi connectivity index (χ3n) is 2.62. The number of hydrogen-bond donors (Lipinski definition) is 2. The summed E-state index contributed by atoms with van der Waals surface area (Å²) in [4.78, 5) is 0. The van der Waals surface area contributed by atoms with Crippen molar-refractivity contribution in [3.8, 4) is 5.75 Å². The van der Waals surface area contributed by atoms with Crippen molar-refractivity contribution in [3.05, 3.63) is 22.7 Å². The third kappa shape index (κ3) is 4.67. The zero-order chi connectivity index (χ0) is 14.5. The van der Waals surface area contributed by atoms with Gasteiger partial charge in [-0.15, -0.1) is 0 Å². The zero-order valence-electron chi connectivity index (χ0n) is 11.2. The minimum Gasteiger partial charge on any atom is -0.496 e. The summed E-state index contributed by atoms with van der Waals surface area (Å²) < 4.78 is 32.5. The Kier molecular flexibility index (Phi) is 6.09. The van der Waals surface area contributed by atoms with Gasteiger partial charge in [0.25, 0.3) is 0 Å². The van der Waals surface area contributed by atoms with Crippen molar-refractivity contribution < 1.29 is 13.2 Å². The van der Waals surface area contributed by atoms with Gasteiger partial charge >= 0.3 is 0 Å². The van der Waals surface area contributed by atoms with Crippen molar-refractivity contribution in [1.29, 1.82) is 0 Å². The van der Waals surface area contributed by atoms with E-state index in [9.17, 15) is 8.42 Å². The van der Waals surface area contributed by atoms with Crippen LogP contribution in [0.3, 0.4) is 0 Å². The van der Waals surface area contributed by atoms with Gasteiger partial charge in [-0.25, -0.2) is 8.42 Å². The van der Waals surface area contributed by atoms with E-state index < -0.39 is 15.3 Å². The molecule has 1 rings (SSSR count). The van der Waals surface area contributed by atoms with Crippen LogP contribution in [0.1, 0.15) is 13.8 Å². The van der Waals surface area contributed by atoms with Crippen molar-refractivity contribution in [1.82, 2.24) is 5.32 Å². The van der Waals surface area contributed by atoms with E-state index in [1.807, 2.05) is 6.92 Å². The Morgan fingerprint density at radius 3 is 2.63 bits per heavy atom. The Labute approximate surface area is 122 Å². The van der Waals surface area contributed by atoms with Gasteiger partial charge in [-0.1, -0.05) is 6.92 Å². The summed E-state index contributed by atoms with van der Waals surface area (Å²) in [5.74, 6) is 0.656. The number of nitrogens with one attached hydrogen (secondary N) is 2. The van der Waals surface area contributed by atoms with Gasteiger partial charge in [0.15, 0.2) is 0 Å². The van der Waals surface area contributed by atoms with Gasteiger partial charge < -0.3 is 10.1 Å². The van der Waals surface area contributed by atoms with Crippen LogP contribution in [0.5, 0.6) is 5.75 Å². The number of hydrogen-bond acceptors (Lipinski definition) is 4. The molecule has 0 radical (unpaired) electrons. The predicted molar refractivity (Wildman–Crippen MR) is 81.2 cm³/mol. The maximum atomic E-state index is 12.1. The molecule has 1 unspecified atom stereocenters. The lowest BCUT2D eigenvalue weighted by molar-refractivity contribution is 0.412. The quantitative estimate of drug-likeness (QED) is 0.790. The zero-order valence-corrected chi connectivity index (χ0v) is 13.6. The van der Waals surface area contributed by atoms with E-state index in [0.717, 1.165) is 6.54 Å². The lowest BCUT2D eigenvalue weighted by Gasteiger charge is -2.15. The molecule has 5 nitrogen and oxygen atoms in total. The summed E-state index contributed by atoms with van der Waals surface area (Å²) in [5, 5.41) is 2.51. The Morgan fingerprint density at radius 2 is 2.11 bits per heavy atom. The summed E-state index contributed by atoms with van der Waals surface area (Å²) in [6.45, 7) is 4.77. The van der Waals surface area contributed by atoms with Crippen LogP contribution in [0.15, 0.2) is 22.7 Å². The number of anilines is 1. The van der Waals surface area contributed by atoms with Crippen molar-refractivity contribution in [3.63, 3.8) is 0 Å². The minimum absolute atomic E-state index is 0.420. The van der Waals surface area contributed by atoms with Gasteiger partial charge in [0.2, 0.25) is 10.0 Å². The van der Waals surface area contributed by atoms with E-state index >= 15 is 0 Å². The maximum Gasteiger partial charge on any atom is 0.236 e. The first-order valence-electron chi connectivity index (χ1n) is 5.96. The lowest BCUT2D eigenvalue weighted by Crippen LogP contribution is -2.34. The summed E-state index contributed by atoms with van der Waals surface area (Å²) >= 11 is 3.32. The Balaban J connectivity index is 2.80. The molecule has 0 fully saturated rings. The van der Waals surface area contributed by atoms with E-state index in [0.29, 0.717) is 22.5 Å². The minimum atomic E-state index is -3.40. The Morgan fingerprint density at radius 1 is 1.42 bits per heavy atom. The van der Waals surface area contributed by atoms with Crippen LogP contribution in [0.2, 0.25) is 0 Å². The monoisotopic (exact) mass is 350 g/mol. The average molecular weight is 351 g/mol. The summed E-state index contributed by atoms with van der Waals surface area (Å²) in [7, 11) is -1.84. The van der Waals surface area contributed by atoms with Crippen LogP contribution < -0.4 is 14.8 Å². The molecule has 0 saturated carbocycles. The number of ether oxygens (including phenoxy) is 1. The highest BCUT2D eigenvalue weighted by Crippen LogP contribution is 2.28. The molecule has 19 heavy (non-hydrogen) atoms. The standard InChI is InChI=1S/C12H19BrN2O3S/c1-4-14-8-9(2)19(16,17)15-10-5-6-12(18-3)11(13)7-10/h5-7,9,14-15H,4,8H2,1-3H3. The van der Waals surface area contributed by atoms with Crippen molar-refractivity contribution in [2.75, 3.05) is 24.9 Å². The average Bonchev–Trinajstić information content (AvgIpc) is 2.35. The van der Waals surface area contributed by atoms with E-state index in [-0.39, 0.29) is 0 Å². The normalized spacial score (nSPS) is 13.1. The van der Waals surface area contributed by atoms with Crippen molar-refractivity contribution in [2.24, 2.45) is 0 Å². The molecule has 0 saturated heterocycles. The van der Waals surface area contributed by atoms with Crippen LogP contribution in [0.25, 0.3) is 0 Å². The van der Waals surface area contributed by atoms with Crippen molar-refractivity contribution >= 4 is 31.6 Å². The maximum absolute atomic E-state index is 12.1. The molecule has 2 N–H and O–H groups in total.